The van der Waals surface area contributed by atoms with Crippen LogP contribution in [-0.2, 0) is 4.74 Å². The van der Waals surface area contributed by atoms with Gasteiger partial charge in [-0.15, -0.1) is 0 Å². The molecule has 2 aromatic rings. The van der Waals surface area contributed by atoms with Gasteiger partial charge in [-0.1, -0.05) is 24.3 Å². The van der Waals surface area contributed by atoms with Crippen LogP contribution in [0.2, 0.25) is 0 Å². The third kappa shape index (κ3) is 3.49. The lowest BCUT2D eigenvalue weighted by molar-refractivity contribution is 0.0664. The molecular weight excluding hydrogens is 266 g/mol. The Morgan fingerprint density at radius 1 is 1.33 bits per heavy atom. The van der Waals surface area contributed by atoms with Crippen molar-refractivity contribution in [3.05, 3.63) is 36.0 Å². The number of hydrogen-bond donors (Lipinski definition) is 1. The Morgan fingerprint density at radius 2 is 2.10 bits per heavy atom. The summed E-state index contributed by atoms with van der Waals surface area (Å²) in [7, 11) is 0. The first-order valence-corrected chi connectivity index (χ1v) is 7.19. The largest absolute Gasteiger partial charge is 0.383 e. The average Bonchev–Trinajstić information content (AvgIpc) is 2.51. The van der Waals surface area contributed by atoms with Gasteiger partial charge in [-0.3, -0.25) is 4.79 Å². The zero-order valence-corrected chi connectivity index (χ0v) is 12.5. The number of nitrogens with zero attached hydrogens (tertiary/aromatic N) is 2. The van der Waals surface area contributed by atoms with Crippen molar-refractivity contribution in [2.45, 2.75) is 13.8 Å². The number of benzene rings is 1. The molecule has 0 saturated heterocycles. The highest BCUT2D eigenvalue weighted by atomic mass is 16.5. The van der Waals surface area contributed by atoms with Crippen molar-refractivity contribution in [2.24, 2.45) is 0 Å². The first-order valence-electron chi connectivity index (χ1n) is 7.19. The highest BCUT2D eigenvalue weighted by Crippen LogP contribution is 2.20. The van der Waals surface area contributed by atoms with E-state index < -0.39 is 0 Å². The molecule has 0 bridgehead atoms. The van der Waals surface area contributed by atoms with Gasteiger partial charge in [0.15, 0.2) is 0 Å². The van der Waals surface area contributed by atoms with Crippen LogP contribution in [0.25, 0.3) is 10.8 Å². The number of pyridine rings is 1. The molecule has 5 nitrogen and oxygen atoms in total. The molecule has 1 aromatic carbocycles. The minimum Gasteiger partial charge on any atom is -0.383 e. The quantitative estimate of drug-likeness (QED) is 0.828. The van der Waals surface area contributed by atoms with E-state index in [1.54, 1.807) is 11.0 Å². The van der Waals surface area contributed by atoms with Crippen molar-refractivity contribution in [1.29, 1.82) is 0 Å². The number of ether oxygens (including phenoxy) is 1. The fourth-order valence-electron chi connectivity index (χ4n) is 2.22. The molecular formula is C16H21N3O2. The summed E-state index contributed by atoms with van der Waals surface area (Å²) in [4.78, 5) is 18.5. The molecule has 2 N–H and O–H groups in total. The number of fused-ring (bicyclic) bond motifs is 1. The van der Waals surface area contributed by atoms with Crippen molar-refractivity contribution in [3.63, 3.8) is 0 Å². The van der Waals surface area contributed by atoms with Crippen LogP contribution in [-0.4, -0.2) is 42.1 Å². The van der Waals surface area contributed by atoms with E-state index in [4.69, 9.17) is 10.5 Å². The molecule has 1 heterocycles. The number of amides is 1. The van der Waals surface area contributed by atoms with Gasteiger partial charge in [0.2, 0.25) is 0 Å². The minimum absolute atomic E-state index is 0.116. The normalized spacial score (nSPS) is 10.8. The fourth-order valence-corrected chi connectivity index (χ4v) is 2.22. The Hall–Kier alpha value is -2.14. The summed E-state index contributed by atoms with van der Waals surface area (Å²) in [5, 5.41) is 1.79. The van der Waals surface area contributed by atoms with Gasteiger partial charge in [0, 0.05) is 25.1 Å². The van der Waals surface area contributed by atoms with E-state index in [2.05, 4.69) is 4.98 Å². The molecule has 2 rings (SSSR count). The monoisotopic (exact) mass is 287 g/mol. The lowest BCUT2D eigenvalue weighted by Crippen LogP contribution is -2.34. The molecule has 112 valence electrons. The molecule has 0 radical (unpaired) electrons. The molecule has 0 aliphatic rings. The molecule has 0 spiro atoms. The second-order valence-electron chi connectivity index (χ2n) is 4.70. The molecule has 1 aromatic heterocycles. The predicted molar refractivity (Wildman–Crippen MR) is 84.2 cm³/mol. The number of likely N-dealkylation sites (N-methyl/N-ethyl adjacent to an activating group) is 1. The van der Waals surface area contributed by atoms with Crippen molar-refractivity contribution >= 4 is 22.5 Å². The number of carbonyl (C=O) groups is 1. The van der Waals surface area contributed by atoms with Crippen molar-refractivity contribution in [3.8, 4) is 0 Å². The summed E-state index contributed by atoms with van der Waals surface area (Å²) < 4.78 is 5.31. The second-order valence-corrected chi connectivity index (χ2v) is 4.70. The summed E-state index contributed by atoms with van der Waals surface area (Å²) in [5.41, 5.74) is 6.33. The summed E-state index contributed by atoms with van der Waals surface area (Å²) in [6, 6.07) is 9.45. The molecule has 0 saturated carbocycles. The van der Waals surface area contributed by atoms with E-state index in [-0.39, 0.29) is 5.91 Å². The van der Waals surface area contributed by atoms with Crippen molar-refractivity contribution < 1.29 is 9.53 Å². The molecule has 5 heteroatoms. The van der Waals surface area contributed by atoms with Crippen LogP contribution in [0.3, 0.4) is 0 Å². The standard InChI is InChI=1S/C16H21N3O2/c1-3-19(9-10-21-4-2)16(20)14-11-12-7-5-6-8-13(12)15(17)18-14/h5-8,11H,3-4,9-10H2,1-2H3,(H2,17,18). The van der Waals surface area contributed by atoms with Crippen LogP contribution >= 0.6 is 0 Å². The summed E-state index contributed by atoms with van der Waals surface area (Å²) in [6.07, 6.45) is 0. The van der Waals surface area contributed by atoms with Gasteiger partial charge in [0.05, 0.1) is 6.61 Å². The van der Waals surface area contributed by atoms with Gasteiger partial charge in [-0.05, 0) is 25.3 Å². The second kappa shape index (κ2) is 7.04. The summed E-state index contributed by atoms with van der Waals surface area (Å²) in [6.45, 7) is 6.21. The Labute approximate surface area is 124 Å². The zero-order valence-electron chi connectivity index (χ0n) is 12.5. The number of nitrogens with two attached hydrogens (primary N) is 1. The first-order chi connectivity index (χ1) is 10.2. The van der Waals surface area contributed by atoms with E-state index in [1.165, 1.54) is 0 Å². The van der Waals surface area contributed by atoms with Crippen LogP contribution in [0.5, 0.6) is 0 Å². The smallest absolute Gasteiger partial charge is 0.272 e. The van der Waals surface area contributed by atoms with Crippen molar-refractivity contribution in [1.82, 2.24) is 9.88 Å². The maximum Gasteiger partial charge on any atom is 0.272 e. The molecule has 0 aliphatic carbocycles. The highest BCUT2D eigenvalue weighted by Gasteiger charge is 2.17. The van der Waals surface area contributed by atoms with Gasteiger partial charge >= 0.3 is 0 Å². The van der Waals surface area contributed by atoms with Crippen LogP contribution in [0.15, 0.2) is 30.3 Å². The van der Waals surface area contributed by atoms with E-state index in [9.17, 15) is 4.79 Å². The Kier molecular flexibility index (Phi) is 5.11. The number of hydrogen-bond acceptors (Lipinski definition) is 4. The molecule has 1 amide bonds. The third-order valence-corrected chi connectivity index (χ3v) is 3.37. The van der Waals surface area contributed by atoms with Crippen LogP contribution < -0.4 is 5.73 Å². The van der Waals surface area contributed by atoms with Crippen molar-refractivity contribution in [2.75, 3.05) is 32.0 Å². The number of anilines is 1. The molecule has 0 aliphatic heterocycles. The maximum atomic E-state index is 12.5. The van der Waals surface area contributed by atoms with E-state index in [0.717, 1.165) is 10.8 Å². The van der Waals surface area contributed by atoms with Gasteiger partial charge in [0.25, 0.3) is 5.91 Å². The van der Waals surface area contributed by atoms with E-state index in [1.807, 2.05) is 38.1 Å². The SMILES string of the molecule is CCOCCN(CC)C(=O)c1cc2ccccc2c(N)n1. The van der Waals surface area contributed by atoms with Crippen LogP contribution in [0.4, 0.5) is 5.82 Å². The molecule has 0 fully saturated rings. The van der Waals surface area contributed by atoms with Gasteiger partial charge in [0.1, 0.15) is 11.5 Å². The lowest BCUT2D eigenvalue weighted by atomic mass is 10.1. The molecule has 0 atom stereocenters. The Bertz CT molecular complexity index is 628. The maximum absolute atomic E-state index is 12.5. The molecule has 21 heavy (non-hydrogen) atoms. The predicted octanol–water partition coefficient (Wildman–Crippen LogP) is 2.32. The van der Waals surface area contributed by atoms with Crippen LogP contribution in [0, 0.1) is 0 Å². The van der Waals surface area contributed by atoms with Crippen LogP contribution in [0.1, 0.15) is 24.3 Å². The van der Waals surface area contributed by atoms with Gasteiger partial charge in [-0.25, -0.2) is 4.98 Å². The fraction of sp³-hybridized carbons (Fsp3) is 0.375. The zero-order chi connectivity index (χ0) is 15.2. The van der Waals surface area contributed by atoms with Gasteiger partial charge in [-0.2, -0.15) is 0 Å². The van der Waals surface area contributed by atoms with Gasteiger partial charge < -0.3 is 15.4 Å². The first kappa shape index (κ1) is 15.3. The van der Waals surface area contributed by atoms with E-state index >= 15 is 0 Å². The number of nitrogen functional groups attached to an aromatic ring is 1. The summed E-state index contributed by atoms with van der Waals surface area (Å²) in [5.74, 6) is 0.270. The molecule has 0 unspecified atom stereocenters. The lowest BCUT2D eigenvalue weighted by Gasteiger charge is -2.20. The van der Waals surface area contributed by atoms with E-state index in [0.29, 0.717) is 37.8 Å². The average molecular weight is 287 g/mol. The number of rotatable bonds is 6. The minimum atomic E-state index is -0.116. The number of aromatic nitrogens is 1. The topological polar surface area (TPSA) is 68.5 Å². The Morgan fingerprint density at radius 3 is 2.81 bits per heavy atom. The Balaban J connectivity index is 2.25. The highest BCUT2D eigenvalue weighted by molar-refractivity contribution is 5.99. The number of carbonyl (C=O) groups excluding carboxylic acids is 1. The third-order valence-electron chi connectivity index (χ3n) is 3.37. The summed E-state index contributed by atoms with van der Waals surface area (Å²) >= 11 is 0.